The Kier molecular flexibility index (Phi) is 8.93. The molecule has 0 radical (unpaired) electrons. The molecular weight excluding hydrogens is 532 g/mol. The van der Waals surface area contributed by atoms with Crippen LogP contribution in [0.3, 0.4) is 0 Å². The molecule has 2 amide bonds. The second kappa shape index (κ2) is 12.7. The van der Waals surface area contributed by atoms with Crippen LogP contribution in [0.15, 0.2) is 93.2 Å². The van der Waals surface area contributed by atoms with Crippen LogP contribution in [0, 0.1) is 11.3 Å². The van der Waals surface area contributed by atoms with E-state index in [1.165, 1.54) is 19.4 Å². The van der Waals surface area contributed by atoms with Gasteiger partial charge in [-0.2, -0.15) is 5.26 Å². The fraction of sp³-hybridized carbons (Fsp3) is 0.172. The van der Waals surface area contributed by atoms with Crippen molar-refractivity contribution in [3.8, 4) is 11.8 Å². The van der Waals surface area contributed by atoms with Crippen LogP contribution in [0.4, 0.5) is 11.4 Å². The van der Waals surface area contributed by atoms with Crippen LogP contribution in [0.25, 0.3) is 0 Å². The molecule has 1 aromatic heterocycles. The van der Waals surface area contributed by atoms with Gasteiger partial charge in [-0.1, -0.05) is 30.0 Å². The molecule has 1 aliphatic heterocycles. The number of allylic oxidation sites excluding steroid dienone is 2. The molecule has 0 saturated carbocycles. The summed E-state index contributed by atoms with van der Waals surface area (Å²) < 4.78 is 15.7. The number of para-hydroxylation sites is 1. The number of carbonyl (C=O) groups is 3. The highest BCUT2D eigenvalue weighted by Crippen LogP contribution is 2.41. The van der Waals surface area contributed by atoms with Crippen molar-refractivity contribution >= 4 is 40.9 Å². The summed E-state index contributed by atoms with van der Waals surface area (Å²) in [5.74, 6) is -1.29. The van der Waals surface area contributed by atoms with Crippen molar-refractivity contribution in [2.24, 2.45) is 0 Å². The standard InChI is InChI=1S/C29H26N4O6S/c1-17-25(27(35)33-22-11-5-4-10-20(22)29(36)38-3)26(23-12-7-13-39-23)21(15-30)28(31-17)40-16-24(34)32-18-8-6-9-19(14-18)37-2/h4-14,26,31H,16H2,1-3H3,(H,32,34)(H,33,35)/t26-/m0/s1. The number of ether oxygens (including phenoxy) is 2. The number of furan rings is 1. The van der Waals surface area contributed by atoms with Crippen molar-refractivity contribution in [2.75, 3.05) is 30.6 Å². The maximum Gasteiger partial charge on any atom is 0.339 e. The van der Waals surface area contributed by atoms with E-state index in [-0.39, 0.29) is 34.1 Å². The van der Waals surface area contributed by atoms with Gasteiger partial charge >= 0.3 is 5.97 Å². The fourth-order valence-corrected chi connectivity index (χ4v) is 5.06. The third-order valence-corrected chi connectivity index (χ3v) is 7.02. The Hall–Kier alpha value is -4.95. The van der Waals surface area contributed by atoms with Crippen molar-refractivity contribution in [1.82, 2.24) is 5.32 Å². The molecule has 1 aliphatic rings. The number of benzene rings is 2. The van der Waals surface area contributed by atoms with E-state index in [0.29, 0.717) is 27.9 Å². The number of hydrogen-bond acceptors (Lipinski definition) is 9. The molecule has 0 unspecified atom stereocenters. The highest BCUT2D eigenvalue weighted by Gasteiger charge is 2.37. The maximum atomic E-state index is 13.6. The van der Waals surface area contributed by atoms with Crippen molar-refractivity contribution in [3.05, 3.63) is 100 Å². The molecule has 3 N–H and O–H groups in total. The van der Waals surface area contributed by atoms with E-state index in [4.69, 9.17) is 13.9 Å². The molecule has 40 heavy (non-hydrogen) atoms. The van der Waals surface area contributed by atoms with Gasteiger partial charge in [-0.25, -0.2) is 4.79 Å². The van der Waals surface area contributed by atoms with Crippen molar-refractivity contribution in [3.63, 3.8) is 0 Å². The van der Waals surface area contributed by atoms with Gasteiger partial charge in [-0.05, 0) is 43.3 Å². The fourth-order valence-electron chi connectivity index (χ4n) is 4.17. The Morgan fingerprint density at radius 3 is 2.58 bits per heavy atom. The summed E-state index contributed by atoms with van der Waals surface area (Å²) in [6.45, 7) is 1.70. The van der Waals surface area contributed by atoms with E-state index < -0.39 is 17.8 Å². The number of amides is 2. The van der Waals surface area contributed by atoms with Gasteiger partial charge in [-0.15, -0.1) is 0 Å². The first-order valence-corrected chi connectivity index (χ1v) is 13.1. The first-order chi connectivity index (χ1) is 19.4. The summed E-state index contributed by atoms with van der Waals surface area (Å²) in [7, 11) is 2.80. The predicted octanol–water partition coefficient (Wildman–Crippen LogP) is 4.78. The van der Waals surface area contributed by atoms with E-state index in [1.54, 1.807) is 68.6 Å². The lowest BCUT2D eigenvalue weighted by molar-refractivity contribution is -0.114. The van der Waals surface area contributed by atoms with Gasteiger partial charge in [0.05, 0.1) is 65.6 Å². The molecule has 204 valence electrons. The number of nitriles is 1. The maximum absolute atomic E-state index is 13.6. The van der Waals surface area contributed by atoms with Gasteiger partial charge in [0.25, 0.3) is 5.91 Å². The first-order valence-electron chi connectivity index (χ1n) is 12.1. The largest absolute Gasteiger partial charge is 0.497 e. The average molecular weight is 559 g/mol. The molecule has 2 heterocycles. The Labute approximate surface area is 235 Å². The van der Waals surface area contributed by atoms with Crippen LogP contribution in [-0.2, 0) is 14.3 Å². The molecule has 0 aliphatic carbocycles. The lowest BCUT2D eigenvalue weighted by Gasteiger charge is -2.28. The van der Waals surface area contributed by atoms with Crippen LogP contribution >= 0.6 is 11.8 Å². The third kappa shape index (κ3) is 6.19. The highest BCUT2D eigenvalue weighted by molar-refractivity contribution is 8.03. The number of methoxy groups -OCH3 is 2. The number of nitrogens with zero attached hydrogens (tertiary/aromatic N) is 1. The topological polar surface area (TPSA) is 143 Å². The highest BCUT2D eigenvalue weighted by atomic mass is 32.2. The van der Waals surface area contributed by atoms with Crippen molar-refractivity contribution in [2.45, 2.75) is 12.8 Å². The summed E-state index contributed by atoms with van der Waals surface area (Å²) in [4.78, 5) is 38.5. The monoisotopic (exact) mass is 558 g/mol. The van der Waals surface area contributed by atoms with Gasteiger partial charge in [0, 0.05) is 17.5 Å². The minimum Gasteiger partial charge on any atom is -0.497 e. The molecule has 0 fully saturated rings. The number of rotatable bonds is 9. The van der Waals surface area contributed by atoms with Crippen LogP contribution < -0.4 is 20.7 Å². The van der Waals surface area contributed by atoms with Crippen LogP contribution in [0.2, 0.25) is 0 Å². The quantitative estimate of drug-likeness (QED) is 0.316. The Morgan fingerprint density at radius 1 is 1.07 bits per heavy atom. The second-order valence-corrected chi connectivity index (χ2v) is 9.51. The normalized spacial score (nSPS) is 14.6. The molecule has 3 aromatic rings. The van der Waals surface area contributed by atoms with Gasteiger partial charge in [0.1, 0.15) is 11.5 Å². The number of carbonyl (C=O) groups excluding carboxylic acids is 3. The zero-order valence-electron chi connectivity index (χ0n) is 21.9. The van der Waals surface area contributed by atoms with E-state index in [1.807, 2.05) is 0 Å². The molecule has 11 heteroatoms. The zero-order valence-corrected chi connectivity index (χ0v) is 22.8. The second-order valence-electron chi connectivity index (χ2n) is 8.53. The van der Waals surface area contributed by atoms with Gasteiger partial charge in [-0.3, -0.25) is 9.59 Å². The van der Waals surface area contributed by atoms with Crippen LogP contribution in [-0.4, -0.2) is 37.8 Å². The lowest BCUT2D eigenvalue weighted by atomic mass is 9.85. The number of nitrogens with one attached hydrogen (secondary N) is 3. The minimum absolute atomic E-state index is 0.00306. The van der Waals surface area contributed by atoms with Crippen molar-refractivity contribution < 1.29 is 28.3 Å². The zero-order chi connectivity index (χ0) is 28.6. The van der Waals surface area contributed by atoms with E-state index in [2.05, 4.69) is 22.0 Å². The van der Waals surface area contributed by atoms with Gasteiger partial charge in [0.2, 0.25) is 5.91 Å². The predicted molar refractivity (Wildman–Crippen MR) is 150 cm³/mol. The number of anilines is 2. The summed E-state index contributed by atoms with van der Waals surface area (Å²) in [6.07, 6.45) is 1.46. The minimum atomic E-state index is -0.851. The van der Waals surface area contributed by atoms with E-state index in [0.717, 1.165) is 11.8 Å². The average Bonchev–Trinajstić information content (AvgIpc) is 3.50. The molecule has 0 saturated heterocycles. The first kappa shape index (κ1) is 28.1. The number of hydrogen-bond donors (Lipinski definition) is 3. The smallest absolute Gasteiger partial charge is 0.339 e. The molecule has 0 bridgehead atoms. The van der Waals surface area contributed by atoms with Crippen LogP contribution in [0.1, 0.15) is 29.0 Å². The lowest BCUT2D eigenvalue weighted by Crippen LogP contribution is -2.31. The van der Waals surface area contributed by atoms with E-state index >= 15 is 0 Å². The molecule has 1 atom stereocenters. The van der Waals surface area contributed by atoms with Gasteiger partial charge in [0.15, 0.2) is 0 Å². The molecule has 4 rings (SSSR count). The molecule has 0 spiro atoms. The van der Waals surface area contributed by atoms with Crippen molar-refractivity contribution in [1.29, 1.82) is 5.26 Å². The molecule has 10 nitrogen and oxygen atoms in total. The summed E-state index contributed by atoms with van der Waals surface area (Å²) in [5.41, 5.74) is 1.93. The summed E-state index contributed by atoms with van der Waals surface area (Å²) in [5, 5.41) is 19.3. The Bertz CT molecular complexity index is 1540. The summed E-state index contributed by atoms with van der Waals surface area (Å²) in [6, 6.07) is 19.0. The van der Waals surface area contributed by atoms with Gasteiger partial charge < -0.3 is 29.8 Å². The number of esters is 1. The Morgan fingerprint density at radius 2 is 1.88 bits per heavy atom. The van der Waals surface area contributed by atoms with Crippen LogP contribution in [0.5, 0.6) is 5.75 Å². The number of dihydropyridines is 1. The molecule has 2 aromatic carbocycles. The summed E-state index contributed by atoms with van der Waals surface area (Å²) >= 11 is 1.13. The Balaban J connectivity index is 1.59. The molecular formula is C29H26N4O6S. The number of thioether (sulfide) groups is 1. The van der Waals surface area contributed by atoms with E-state index in [9.17, 15) is 19.6 Å². The third-order valence-electron chi connectivity index (χ3n) is 6.00. The SMILES string of the molecule is COC(=O)c1ccccc1NC(=O)C1=C(C)NC(SCC(=O)Nc2cccc(OC)c2)=C(C#N)[C@H]1c1ccco1.